The number of aromatic nitrogens is 1. The Morgan fingerprint density at radius 1 is 0.811 bits per heavy atom. The molecule has 0 saturated carbocycles. The van der Waals surface area contributed by atoms with E-state index in [0.29, 0.717) is 22.8 Å². The van der Waals surface area contributed by atoms with Gasteiger partial charge in [0.1, 0.15) is 17.2 Å². The first kappa shape index (κ1) is 23.8. The largest absolute Gasteiger partial charge is 0.497 e. The lowest BCUT2D eigenvalue weighted by molar-refractivity contribution is 0.262. The molecule has 186 valence electrons. The summed E-state index contributed by atoms with van der Waals surface area (Å²) in [6.07, 6.45) is 0. The van der Waals surface area contributed by atoms with Crippen LogP contribution in [0.25, 0.3) is 22.2 Å². The van der Waals surface area contributed by atoms with Crippen LogP contribution in [0.5, 0.6) is 17.2 Å². The number of fused-ring (bicyclic) bond motifs is 1. The van der Waals surface area contributed by atoms with Crippen molar-refractivity contribution < 1.29 is 14.3 Å². The Morgan fingerprint density at radius 3 is 2.24 bits per heavy atom. The minimum absolute atomic E-state index is 0.345. The highest BCUT2D eigenvalue weighted by Crippen LogP contribution is 2.38. The number of methoxy groups -OCH3 is 1. The Balaban J connectivity index is 1.32. The highest BCUT2D eigenvalue weighted by atomic mass is 16.5. The predicted molar refractivity (Wildman–Crippen MR) is 150 cm³/mol. The number of carbonyl (C=O) groups excluding carboxylic acids is 1. The average molecular weight is 493 g/mol. The quantitative estimate of drug-likeness (QED) is 0.221. The Labute approximate surface area is 215 Å². The van der Waals surface area contributed by atoms with Gasteiger partial charge >= 0.3 is 6.03 Å². The topological polar surface area (TPSA) is 90.5 Å². The maximum atomic E-state index is 12.7. The summed E-state index contributed by atoms with van der Waals surface area (Å²) in [4.78, 5) is 12.7. The van der Waals surface area contributed by atoms with Gasteiger partial charge in [-0.05, 0) is 67.6 Å². The molecule has 0 aliphatic rings. The molecule has 1 heterocycles. The summed E-state index contributed by atoms with van der Waals surface area (Å²) in [6, 6.07) is 29.9. The van der Waals surface area contributed by atoms with Crippen molar-refractivity contribution in [3.8, 4) is 28.5 Å². The number of anilines is 3. The van der Waals surface area contributed by atoms with Crippen molar-refractivity contribution in [1.29, 1.82) is 0 Å². The van der Waals surface area contributed by atoms with E-state index in [4.69, 9.17) is 15.2 Å². The third-order valence-electron chi connectivity index (χ3n) is 6.11. The molecule has 37 heavy (non-hydrogen) atoms. The van der Waals surface area contributed by atoms with E-state index in [1.807, 2.05) is 84.9 Å². The normalized spacial score (nSPS) is 10.8. The molecule has 5 rings (SSSR count). The number of aryl methyl sites for hydroxylation is 1. The van der Waals surface area contributed by atoms with Gasteiger partial charge in [-0.25, -0.2) is 4.79 Å². The second-order valence-electron chi connectivity index (χ2n) is 8.49. The molecular formula is C30H28N4O3. The van der Waals surface area contributed by atoms with E-state index in [-0.39, 0.29) is 6.03 Å². The zero-order valence-corrected chi connectivity index (χ0v) is 20.7. The number of hydrogen-bond donors (Lipinski definition) is 3. The monoisotopic (exact) mass is 492 g/mol. The number of hydrogen-bond acceptors (Lipinski definition) is 4. The van der Waals surface area contributed by atoms with Gasteiger partial charge in [-0.2, -0.15) is 0 Å². The van der Waals surface area contributed by atoms with Crippen molar-refractivity contribution in [3.63, 3.8) is 0 Å². The minimum atomic E-state index is -0.345. The highest BCUT2D eigenvalue weighted by molar-refractivity contribution is 6.03. The van der Waals surface area contributed by atoms with Crippen molar-refractivity contribution in [3.05, 3.63) is 97.1 Å². The van der Waals surface area contributed by atoms with Gasteiger partial charge in [0.05, 0.1) is 24.0 Å². The maximum absolute atomic E-state index is 12.7. The van der Waals surface area contributed by atoms with Crippen molar-refractivity contribution in [1.82, 2.24) is 4.57 Å². The molecule has 0 bridgehead atoms. The fourth-order valence-corrected chi connectivity index (χ4v) is 4.39. The molecule has 4 aromatic carbocycles. The molecule has 7 heteroatoms. The fraction of sp³-hybridized carbons (Fsp3) is 0.100. The zero-order valence-electron chi connectivity index (χ0n) is 20.7. The van der Waals surface area contributed by atoms with Crippen LogP contribution in [0, 0.1) is 0 Å². The molecule has 0 saturated heterocycles. The summed E-state index contributed by atoms with van der Waals surface area (Å²) in [6.45, 7) is 2.81. The minimum Gasteiger partial charge on any atom is -0.497 e. The second kappa shape index (κ2) is 10.4. The SMILES string of the molecule is CCn1c(-c2cccc(NC(=O)Nc3ccc(Oc4ccccc4)cc3)c2)c(N)c2ccc(OC)cc21. The molecule has 0 aliphatic heterocycles. The summed E-state index contributed by atoms with van der Waals surface area (Å²) in [5, 5.41) is 6.74. The zero-order chi connectivity index (χ0) is 25.8. The molecule has 1 aromatic heterocycles. The van der Waals surface area contributed by atoms with Crippen molar-refractivity contribution >= 4 is 34.0 Å². The molecule has 7 nitrogen and oxygen atoms in total. The molecule has 0 aliphatic carbocycles. The van der Waals surface area contributed by atoms with Crippen LogP contribution in [-0.2, 0) is 6.54 Å². The van der Waals surface area contributed by atoms with Crippen LogP contribution in [0.15, 0.2) is 97.1 Å². The summed E-state index contributed by atoms with van der Waals surface area (Å²) in [7, 11) is 1.65. The van der Waals surface area contributed by atoms with Gasteiger partial charge in [-0.1, -0.05) is 30.3 Å². The lowest BCUT2D eigenvalue weighted by atomic mass is 10.1. The molecule has 0 unspecified atom stereocenters. The Hall–Kier alpha value is -4.91. The van der Waals surface area contributed by atoms with E-state index in [0.717, 1.165) is 40.2 Å². The number of nitrogens with one attached hydrogen (secondary N) is 2. The number of amides is 2. The summed E-state index contributed by atoms with van der Waals surface area (Å²) >= 11 is 0. The maximum Gasteiger partial charge on any atom is 0.323 e. The molecule has 0 atom stereocenters. The van der Waals surface area contributed by atoms with Crippen LogP contribution in [0.2, 0.25) is 0 Å². The molecule has 0 radical (unpaired) electrons. The predicted octanol–water partition coefficient (Wildman–Crippen LogP) is 7.36. The van der Waals surface area contributed by atoms with Gasteiger partial charge in [0.15, 0.2) is 0 Å². The van der Waals surface area contributed by atoms with Crippen LogP contribution >= 0.6 is 0 Å². The lowest BCUT2D eigenvalue weighted by Crippen LogP contribution is -2.19. The van der Waals surface area contributed by atoms with E-state index in [9.17, 15) is 4.79 Å². The molecule has 0 spiro atoms. The molecule has 0 fully saturated rings. The highest BCUT2D eigenvalue weighted by Gasteiger charge is 2.17. The number of rotatable bonds is 7. The Morgan fingerprint density at radius 2 is 1.51 bits per heavy atom. The standard InChI is InChI=1S/C30H28N4O3/c1-3-34-27-19-25(36-2)16-17-26(27)28(31)29(34)20-8-7-9-22(18-20)33-30(35)32-21-12-14-24(15-13-21)37-23-10-5-4-6-11-23/h4-19H,3,31H2,1-2H3,(H2,32,33,35). The van der Waals surface area contributed by atoms with Gasteiger partial charge in [0.25, 0.3) is 0 Å². The van der Waals surface area contributed by atoms with Gasteiger partial charge < -0.3 is 30.4 Å². The third-order valence-corrected chi connectivity index (χ3v) is 6.11. The lowest BCUT2D eigenvalue weighted by Gasteiger charge is -2.12. The average Bonchev–Trinajstić information content (AvgIpc) is 3.21. The number of nitrogen functional groups attached to an aromatic ring is 1. The van der Waals surface area contributed by atoms with E-state index < -0.39 is 0 Å². The molecular weight excluding hydrogens is 464 g/mol. The fourth-order valence-electron chi connectivity index (χ4n) is 4.39. The Kier molecular flexibility index (Phi) is 6.68. The molecule has 4 N–H and O–H groups in total. The van der Waals surface area contributed by atoms with Crippen LogP contribution in [-0.4, -0.2) is 17.7 Å². The molecule has 5 aromatic rings. The van der Waals surface area contributed by atoms with E-state index >= 15 is 0 Å². The van der Waals surface area contributed by atoms with Crippen LogP contribution < -0.4 is 25.8 Å². The van der Waals surface area contributed by atoms with Crippen LogP contribution in [0.1, 0.15) is 6.92 Å². The third kappa shape index (κ3) is 5.06. The van der Waals surface area contributed by atoms with Crippen molar-refractivity contribution in [2.24, 2.45) is 0 Å². The van der Waals surface area contributed by atoms with E-state index in [2.05, 4.69) is 22.1 Å². The number of urea groups is 1. The van der Waals surface area contributed by atoms with Crippen LogP contribution in [0.4, 0.5) is 21.9 Å². The van der Waals surface area contributed by atoms with Gasteiger partial charge in [0.2, 0.25) is 0 Å². The number of para-hydroxylation sites is 1. The van der Waals surface area contributed by atoms with Crippen molar-refractivity contribution in [2.45, 2.75) is 13.5 Å². The summed E-state index contributed by atoms with van der Waals surface area (Å²) in [5.41, 5.74) is 11.4. The summed E-state index contributed by atoms with van der Waals surface area (Å²) < 4.78 is 13.4. The number of nitrogens with zero attached hydrogens (tertiary/aromatic N) is 1. The van der Waals surface area contributed by atoms with Gasteiger partial charge in [-0.15, -0.1) is 0 Å². The van der Waals surface area contributed by atoms with Crippen LogP contribution in [0.3, 0.4) is 0 Å². The molecule has 2 amide bonds. The van der Waals surface area contributed by atoms with E-state index in [1.165, 1.54) is 0 Å². The first-order valence-corrected chi connectivity index (χ1v) is 12.0. The van der Waals surface area contributed by atoms with Gasteiger partial charge in [-0.3, -0.25) is 0 Å². The van der Waals surface area contributed by atoms with Crippen molar-refractivity contribution in [2.75, 3.05) is 23.5 Å². The summed E-state index contributed by atoms with van der Waals surface area (Å²) in [5.74, 6) is 2.21. The number of nitrogens with two attached hydrogens (primary N) is 1. The smallest absolute Gasteiger partial charge is 0.323 e. The van der Waals surface area contributed by atoms with E-state index in [1.54, 1.807) is 19.2 Å². The number of carbonyl (C=O) groups is 1. The number of benzene rings is 4. The number of ether oxygens (including phenoxy) is 2. The first-order chi connectivity index (χ1) is 18.1. The van der Waals surface area contributed by atoms with Gasteiger partial charge in [0, 0.05) is 34.9 Å². The first-order valence-electron chi connectivity index (χ1n) is 12.0. The second-order valence-corrected chi connectivity index (χ2v) is 8.49. The Bertz CT molecular complexity index is 1540.